The Kier molecular flexibility index (Phi) is 4.98. The molecule has 2 rings (SSSR count). The van der Waals surface area contributed by atoms with E-state index in [1.54, 1.807) is 0 Å². The van der Waals surface area contributed by atoms with E-state index >= 15 is 0 Å². The average Bonchev–Trinajstić information content (AvgIpc) is 2.44. The van der Waals surface area contributed by atoms with Gasteiger partial charge in [0.2, 0.25) is 5.91 Å². The summed E-state index contributed by atoms with van der Waals surface area (Å²) >= 11 is 0. The van der Waals surface area contributed by atoms with Crippen LogP contribution in [0, 0.1) is 11.6 Å². The lowest BCUT2D eigenvalue weighted by Crippen LogP contribution is -2.15. The lowest BCUT2D eigenvalue weighted by atomic mass is 10.1. The Balaban J connectivity index is 1.98. The summed E-state index contributed by atoms with van der Waals surface area (Å²) in [4.78, 5) is 11.8. The van der Waals surface area contributed by atoms with Gasteiger partial charge in [-0.2, -0.15) is 8.78 Å². The van der Waals surface area contributed by atoms with Crippen molar-refractivity contribution >= 4 is 11.6 Å². The Hall–Kier alpha value is -2.57. The smallest absolute Gasteiger partial charge is 0.387 e. The van der Waals surface area contributed by atoms with Crippen molar-refractivity contribution in [3.8, 4) is 5.75 Å². The normalized spacial score (nSPS) is 10.6. The quantitative estimate of drug-likeness (QED) is 0.854. The highest BCUT2D eigenvalue weighted by Gasteiger charge is 2.10. The standard InChI is InChI=1S/C15H11F4NO2/c16-10-3-6-12(17)13(8-10)20-14(21)7-9-1-4-11(5-2-9)22-15(18)19/h1-6,8,15H,7H2,(H,20,21). The second-order valence-corrected chi connectivity index (χ2v) is 4.37. The minimum atomic E-state index is -2.93. The van der Waals surface area contributed by atoms with Gasteiger partial charge in [0.05, 0.1) is 12.1 Å². The van der Waals surface area contributed by atoms with Gasteiger partial charge in [-0.25, -0.2) is 8.78 Å². The van der Waals surface area contributed by atoms with Crippen LogP contribution >= 0.6 is 0 Å². The monoisotopic (exact) mass is 313 g/mol. The predicted octanol–water partition coefficient (Wildman–Crippen LogP) is 3.75. The molecule has 0 heterocycles. The third-order valence-corrected chi connectivity index (χ3v) is 2.72. The molecule has 1 amide bonds. The lowest BCUT2D eigenvalue weighted by Gasteiger charge is -2.08. The molecule has 2 aromatic rings. The second kappa shape index (κ2) is 6.93. The van der Waals surface area contributed by atoms with Crippen LogP contribution in [0.4, 0.5) is 23.2 Å². The minimum absolute atomic E-state index is 0.0321. The molecule has 0 aliphatic heterocycles. The zero-order valence-electron chi connectivity index (χ0n) is 11.2. The molecule has 0 bridgehead atoms. The van der Waals surface area contributed by atoms with E-state index in [0.717, 1.165) is 18.2 Å². The summed E-state index contributed by atoms with van der Waals surface area (Å²) in [6.07, 6.45) is -0.120. The number of hydrogen-bond donors (Lipinski definition) is 1. The number of anilines is 1. The maximum atomic E-state index is 13.4. The van der Waals surface area contributed by atoms with Crippen molar-refractivity contribution in [2.24, 2.45) is 0 Å². The molecule has 7 heteroatoms. The zero-order valence-corrected chi connectivity index (χ0v) is 11.2. The van der Waals surface area contributed by atoms with E-state index in [1.165, 1.54) is 24.3 Å². The summed E-state index contributed by atoms with van der Waals surface area (Å²) in [5.74, 6) is -2.03. The van der Waals surface area contributed by atoms with Crippen LogP contribution in [-0.2, 0) is 11.2 Å². The van der Waals surface area contributed by atoms with Crippen molar-refractivity contribution < 1.29 is 27.1 Å². The van der Waals surface area contributed by atoms with Crippen LogP contribution in [0.15, 0.2) is 42.5 Å². The second-order valence-electron chi connectivity index (χ2n) is 4.37. The van der Waals surface area contributed by atoms with Gasteiger partial charge in [-0.05, 0) is 29.8 Å². The summed E-state index contributed by atoms with van der Waals surface area (Å²) in [6, 6.07) is 8.15. The summed E-state index contributed by atoms with van der Waals surface area (Å²) in [6.45, 7) is -2.93. The van der Waals surface area contributed by atoms with Crippen LogP contribution in [0.25, 0.3) is 0 Å². The number of alkyl halides is 2. The molecule has 0 fully saturated rings. The van der Waals surface area contributed by atoms with Crippen molar-refractivity contribution in [3.05, 3.63) is 59.7 Å². The fraction of sp³-hybridized carbons (Fsp3) is 0.133. The van der Waals surface area contributed by atoms with Gasteiger partial charge in [-0.15, -0.1) is 0 Å². The van der Waals surface area contributed by atoms with Gasteiger partial charge in [0.25, 0.3) is 0 Å². The Labute approximate surface area is 123 Å². The molecule has 2 aromatic carbocycles. The van der Waals surface area contributed by atoms with E-state index in [9.17, 15) is 22.4 Å². The number of carbonyl (C=O) groups is 1. The molecule has 0 spiro atoms. The van der Waals surface area contributed by atoms with Crippen LogP contribution in [0.1, 0.15) is 5.56 Å². The molecular formula is C15H11F4NO2. The first kappa shape index (κ1) is 15.8. The molecule has 116 valence electrons. The molecule has 0 atom stereocenters. The molecule has 1 N–H and O–H groups in total. The number of carbonyl (C=O) groups excluding carboxylic acids is 1. The van der Waals surface area contributed by atoms with Crippen molar-refractivity contribution in [3.63, 3.8) is 0 Å². The van der Waals surface area contributed by atoms with Gasteiger partial charge in [0.1, 0.15) is 17.4 Å². The third-order valence-electron chi connectivity index (χ3n) is 2.72. The van der Waals surface area contributed by atoms with Crippen LogP contribution in [0.2, 0.25) is 0 Å². The van der Waals surface area contributed by atoms with E-state index in [2.05, 4.69) is 10.1 Å². The highest BCUT2D eigenvalue weighted by molar-refractivity contribution is 5.92. The fourth-order valence-electron chi connectivity index (χ4n) is 1.76. The molecular weight excluding hydrogens is 302 g/mol. The highest BCUT2D eigenvalue weighted by Crippen LogP contribution is 2.17. The molecule has 0 saturated heterocycles. The average molecular weight is 313 g/mol. The number of ether oxygens (including phenoxy) is 1. The highest BCUT2D eigenvalue weighted by atomic mass is 19.3. The molecule has 0 aromatic heterocycles. The summed E-state index contributed by atoms with van der Waals surface area (Å²) in [7, 11) is 0. The first-order valence-electron chi connectivity index (χ1n) is 6.22. The van der Waals surface area contributed by atoms with Gasteiger partial charge in [-0.1, -0.05) is 12.1 Å². The van der Waals surface area contributed by atoms with Gasteiger partial charge in [-0.3, -0.25) is 4.79 Å². The van der Waals surface area contributed by atoms with Crippen molar-refractivity contribution in [1.82, 2.24) is 0 Å². The Morgan fingerprint density at radius 3 is 2.41 bits per heavy atom. The van der Waals surface area contributed by atoms with E-state index < -0.39 is 24.2 Å². The fourth-order valence-corrected chi connectivity index (χ4v) is 1.76. The first-order valence-corrected chi connectivity index (χ1v) is 6.22. The van der Waals surface area contributed by atoms with Crippen LogP contribution < -0.4 is 10.1 Å². The predicted molar refractivity (Wildman–Crippen MR) is 71.8 cm³/mol. The Morgan fingerprint density at radius 1 is 1.09 bits per heavy atom. The van der Waals surface area contributed by atoms with Crippen molar-refractivity contribution in [2.75, 3.05) is 5.32 Å². The zero-order chi connectivity index (χ0) is 16.1. The minimum Gasteiger partial charge on any atom is -0.435 e. The van der Waals surface area contributed by atoms with E-state index in [-0.39, 0.29) is 17.9 Å². The lowest BCUT2D eigenvalue weighted by molar-refractivity contribution is -0.115. The Morgan fingerprint density at radius 2 is 1.77 bits per heavy atom. The molecule has 0 aliphatic carbocycles. The number of benzene rings is 2. The summed E-state index contributed by atoms with van der Waals surface area (Å²) in [5, 5.41) is 2.24. The molecule has 0 radical (unpaired) electrons. The van der Waals surface area contributed by atoms with Gasteiger partial charge in [0, 0.05) is 6.07 Å². The van der Waals surface area contributed by atoms with Gasteiger partial charge in [0.15, 0.2) is 0 Å². The third kappa shape index (κ3) is 4.47. The maximum absolute atomic E-state index is 13.4. The Bertz CT molecular complexity index is 659. The van der Waals surface area contributed by atoms with Crippen molar-refractivity contribution in [2.45, 2.75) is 13.0 Å². The van der Waals surface area contributed by atoms with Gasteiger partial charge < -0.3 is 10.1 Å². The van der Waals surface area contributed by atoms with Crippen LogP contribution in [0.3, 0.4) is 0 Å². The summed E-state index contributed by atoms with van der Waals surface area (Å²) in [5.41, 5.74) is 0.249. The number of hydrogen-bond acceptors (Lipinski definition) is 2. The van der Waals surface area contributed by atoms with Crippen LogP contribution in [0.5, 0.6) is 5.75 Å². The molecule has 3 nitrogen and oxygen atoms in total. The summed E-state index contributed by atoms with van der Waals surface area (Å²) < 4.78 is 54.5. The molecule has 0 unspecified atom stereocenters. The van der Waals surface area contributed by atoms with E-state index in [1.807, 2.05) is 0 Å². The topological polar surface area (TPSA) is 38.3 Å². The number of halogens is 4. The number of nitrogens with one attached hydrogen (secondary N) is 1. The largest absolute Gasteiger partial charge is 0.435 e. The van der Waals surface area contributed by atoms with Crippen molar-refractivity contribution in [1.29, 1.82) is 0 Å². The SMILES string of the molecule is O=C(Cc1ccc(OC(F)F)cc1)Nc1cc(F)ccc1F. The first-order chi connectivity index (χ1) is 10.4. The molecule has 0 saturated carbocycles. The molecule has 0 aliphatic rings. The number of rotatable bonds is 5. The van der Waals surface area contributed by atoms with Gasteiger partial charge >= 0.3 is 6.61 Å². The van der Waals surface area contributed by atoms with Crippen LogP contribution in [-0.4, -0.2) is 12.5 Å². The number of amides is 1. The van der Waals surface area contributed by atoms with E-state index in [0.29, 0.717) is 5.56 Å². The van der Waals surface area contributed by atoms with E-state index in [4.69, 9.17) is 0 Å². The molecule has 22 heavy (non-hydrogen) atoms. The maximum Gasteiger partial charge on any atom is 0.387 e.